The van der Waals surface area contributed by atoms with Crippen LogP contribution in [0, 0.1) is 0 Å². The van der Waals surface area contributed by atoms with Crippen molar-refractivity contribution < 1.29 is 22.7 Å². The summed E-state index contributed by atoms with van der Waals surface area (Å²) in [4.78, 5) is 13.1. The highest BCUT2D eigenvalue weighted by Gasteiger charge is 2.37. The summed E-state index contributed by atoms with van der Waals surface area (Å²) < 4.78 is 39.3. The number of sulfonamides is 1. The SMILES string of the molecule is C=CCOc1cccc(NC(=O)C2CN(S(=O)(=O)c3ccc(Cl)cc3)c3ccccc3O2)c1. The molecule has 4 rings (SSSR count). The van der Waals surface area contributed by atoms with Gasteiger partial charge in [0.25, 0.3) is 15.9 Å². The fraction of sp³-hybridized carbons (Fsp3) is 0.125. The third-order valence-electron chi connectivity index (χ3n) is 4.90. The summed E-state index contributed by atoms with van der Waals surface area (Å²) in [5.74, 6) is 0.376. The minimum absolute atomic E-state index is 0.0647. The molecule has 1 aliphatic rings. The number of benzene rings is 3. The maximum Gasteiger partial charge on any atom is 0.267 e. The summed E-state index contributed by atoms with van der Waals surface area (Å²) in [5, 5.41) is 3.19. The topological polar surface area (TPSA) is 84.9 Å². The Balaban J connectivity index is 1.60. The molecule has 3 aromatic rings. The maximum atomic E-state index is 13.4. The molecule has 1 heterocycles. The van der Waals surface area contributed by atoms with E-state index in [0.29, 0.717) is 34.5 Å². The normalized spacial score (nSPS) is 15.2. The Labute approximate surface area is 197 Å². The van der Waals surface area contributed by atoms with Crippen molar-refractivity contribution in [3.63, 3.8) is 0 Å². The Morgan fingerprint density at radius 1 is 1.15 bits per heavy atom. The monoisotopic (exact) mass is 484 g/mol. The van der Waals surface area contributed by atoms with E-state index in [1.165, 1.54) is 28.6 Å². The zero-order chi connectivity index (χ0) is 23.4. The summed E-state index contributed by atoms with van der Waals surface area (Å²) in [6, 6.07) is 19.4. The molecule has 0 saturated carbocycles. The zero-order valence-electron chi connectivity index (χ0n) is 17.5. The first-order valence-corrected chi connectivity index (χ1v) is 11.9. The van der Waals surface area contributed by atoms with Crippen LogP contribution in [0.4, 0.5) is 11.4 Å². The Bertz CT molecular complexity index is 1280. The number of carbonyl (C=O) groups is 1. The van der Waals surface area contributed by atoms with E-state index in [4.69, 9.17) is 21.1 Å². The quantitative estimate of drug-likeness (QED) is 0.499. The van der Waals surface area contributed by atoms with Crippen LogP contribution in [0.2, 0.25) is 5.02 Å². The van der Waals surface area contributed by atoms with Crippen molar-refractivity contribution in [1.29, 1.82) is 0 Å². The Kier molecular flexibility index (Phi) is 6.57. The van der Waals surface area contributed by atoms with Gasteiger partial charge >= 0.3 is 0 Å². The zero-order valence-corrected chi connectivity index (χ0v) is 19.1. The van der Waals surface area contributed by atoms with Crippen molar-refractivity contribution in [3.8, 4) is 11.5 Å². The number of ether oxygens (including phenoxy) is 2. The molecule has 1 N–H and O–H groups in total. The van der Waals surface area contributed by atoms with Crippen LogP contribution in [0.3, 0.4) is 0 Å². The Morgan fingerprint density at radius 3 is 2.67 bits per heavy atom. The molecule has 170 valence electrons. The largest absolute Gasteiger partial charge is 0.489 e. The third-order valence-corrected chi connectivity index (χ3v) is 6.94. The molecule has 0 aliphatic carbocycles. The van der Waals surface area contributed by atoms with E-state index in [9.17, 15) is 13.2 Å². The second-order valence-electron chi connectivity index (χ2n) is 7.18. The lowest BCUT2D eigenvalue weighted by Gasteiger charge is -2.34. The number of nitrogens with one attached hydrogen (secondary N) is 1. The lowest BCUT2D eigenvalue weighted by atomic mass is 10.2. The first-order chi connectivity index (χ1) is 15.9. The van der Waals surface area contributed by atoms with E-state index < -0.39 is 22.0 Å². The van der Waals surface area contributed by atoms with Gasteiger partial charge in [-0.3, -0.25) is 9.10 Å². The van der Waals surface area contributed by atoms with Gasteiger partial charge in [-0.25, -0.2) is 8.42 Å². The van der Waals surface area contributed by atoms with Crippen LogP contribution in [0.15, 0.2) is 90.3 Å². The number of rotatable bonds is 7. The molecule has 0 radical (unpaired) electrons. The number of para-hydroxylation sites is 2. The molecule has 0 bridgehead atoms. The first kappa shape index (κ1) is 22.7. The first-order valence-electron chi connectivity index (χ1n) is 10.1. The summed E-state index contributed by atoms with van der Waals surface area (Å²) in [6.07, 6.45) is 0.550. The number of fused-ring (bicyclic) bond motifs is 1. The second kappa shape index (κ2) is 9.56. The van der Waals surface area contributed by atoms with Crippen molar-refractivity contribution in [2.45, 2.75) is 11.0 Å². The van der Waals surface area contributed by atoms with Crippen LogP contribution in [0.1, 0.15) is 0 Å². The number of anilines is 2. The van der Waals surface area contributed by atoms with E-state index in [1.54, 1.807) is 54.6 Å². The standard InChI is InChI=1S/C24H21ClN2O5S/c1-2-14-31-19-7-5-6-18(15-19)26-24(28)23-16-27(21-8-3-4-9-22(21)32-23)33(29,30)20-12-10-17(25)11-13-20/h2-13,15,23H,1,14,16H2,(H,26,28). The average molecular weight is 485 g/mol. The van der Waals surface area contributed by atoms with Crippen molar-refractivity contribution in [3.05, 3.63) is 90.5 Å². The molecule has 1 unspecified atom stereocenters. The molecule has 7 nitrogen and oxygen atoms in total. The van der Waals surface area contributed by atoms with Crippen LogP contribution < -0.4 is 19.1 Å². The molecule has 1 aliphatic heterocycles. The number of halogens is 1. The van der Waals surface area contributed by atoms with Crippen molar-refractivity contribution in [1.82, 2.24) is 0 Å². The van der Waals surface area contributed by atoms with Gasteiger partial charge in [-0.05, 0) is 48.5 Å². The molecular weight excluding hydrogens is 464 g/mol. The smallest absolute Gasteiger partial charge is 0.267 e. The molecule has 0 aromatic heterocycles. The maximum absolute atomic E-state index is 13.4. The predicted octanol–water partition coefficient (Wildman–Crippen LogP) is 4.50. The molecule has 3 aromatic carbocycles. The molecule has 1 amide bonds. The lowest BCUT2D eigenvalue weighted by molar-refractivity contribution is -0.122. The molecular formula is C24H21ClN2O5S. The van der Waals surface area contributed by atoms with Crippen LogP contribution in [0.5, 0.6) is 11.5 Å². The third kappa shape index (κ3) is 4.97. The van der Waals surface area contributed by atoms with E-state index in [0.717, 1.165) is 0 Å². The molecule has 0 spiro atoms. The van der Waals surface area contributed by atoms with Crippen LogP contribution >= 0.6 is 11.6 Å². The van der Waals surface area contributed by atoms with Gasteiger partial charge in [-0.2, -0.15) is 0 Å². The number of carbonyl (C=O) groups excluding carboxylic acids is 1. The van der Waals surface area contributed by atoms with Crippen molar-refractivity contribution in [2.75, 3.05) is 22.8 Å². The van der Waals surface area contributed by atoms with Crippen LogP contribution in [-0.2, 0) is 14.8 Å². The molecule has 0 fully saturated rings. The minimum Gasteiger partial charge on any atom is -0.489 e. The summed E-state index contributed by atoms with van der Waals surface area (Å²) in [7, 11) is -3.96. The van der Waals surface area contributed by atoms with E-state index in [-0.39, 0.29) is 11.4 Å². The second-order valence-corrected chi connectivity index (χ2v) is 9.48. The summed E-state index contributed by atoms with van der Waals surface area (Å²) in [5.41, 5.74) is 0.854. The van der Waals surface area contributed by atoms with E-state index in [2.05, 4.69) is 11.9 Å². The van der Waals surface area contributed by atoms with Crippen LogP contribution in [0.25, 0.3) is 0 Å². The highest BCUT2D eigenvalue weighted by Crippen LogP contribution is 2.37. The minimum atomic E-state index is -3.96. The van der Waals surface area contributed by atoms with Gasteiger partial charge in [0.2, 0.25) is 0 Å². The van der Waals surface area contributed by atoms with Gasteiger partial charge in [-0.15, -0.1) is 0 Å². The average Bonchev–Trinajstić information content (AvgIpc) is 2.82. The lowest BCUT2D eigenvalue weighted by Crippen LogP contribution is -2.48. The number of amides is 1. The van der Waals surface area contributed by atoms with Gasteiger partial charge < -0.3 is 14.8 Å². The Hall–Kier alpha value is -3.49. The van der Waals surface area contributed by atoms with Gasteiger partial charge in [0.15, 0.2) is 6.10 Å². The Morgan fingerprint density at radius 2 is 1.91 bits per heavy atom. The predicted molar refractivity (Wildman–Crippen MR) is 128 cm³/mol. The van der Waals surface area contributed by atoms with Crippen molar-refractivity contribution in [2.24, 2.45) is 0 Å². The number of hydrogen-bond acceptors (Lipinski definition) is 5. The highest BCUT2D eigenvalue weighted by molar-refractivity contribution is 7.92. The van der Waals surface area contributed by atoms with Crippen molar-refractivity contribution >= 4 is 38.9 Å². The number of nitrogens with zero attached hydrogens (tertiary/aromatic N) is 1. The fourth-order valence-electron chi connectivity index (χ4n) is 3.34. The van der Waals surface area contributed by atoms with Gasteiger partial charge in [0.1, 0.15) is 18.1 Å². The van der Waals surface area contributed by atoms with E-state index >= 15 is 0 Å². The van der Waals surface area contributed by atoms with Gasteiger partial charge in [-0.1, -0.05) is 42.5 Å². The molecule has 33 heavy (non-hydrogen) atoms. The molecule has 1 atom stereocenters. The summed E-state index contributed by atoms with van der Waals surface area (Å²) >= 11 is 5.91. The van der Waals surface area contributed by atoms with E-state index in [1.807, 2.05) is 0 Å². The fourth-order valence-corrected chi connectivity index (χ4v) is 4.94. The van der Waals surface area contributed by atoms with Gasteiger partial charge in [0.05, 0.1) is 17.1 Å². The van der Waals surface area contributed by atoms with Crippen LogP contribution in [-0.4, -0.2) is 33.6 Å². The highest BCUT2D eigenvalue weighted by atomic mass is 35.5. The van der Waals surface area contributed by atoms with Gasteiger partial charge in [0, 0.05) is 16.8 Å². The summed E-state index contributed by atoms with van der Waals surface area (Å²) in [6.45, 7) is 3.74. The molecule has 9 heteroatoms. The number of hydrogen-bond donors (Lipinski definition) is 1. The molecule has 0 saturated heterocycles.